The summed E-state index contributed by atoms with van der Waals surface area (Å²) in [6.45, 7) is 0. The molecular weight excluding hydrogens is 595 g/mol. The number of ether oxygens (including phenoxy) is 1. The van der Waals surface area contributed by atoms with Gasteiger partial charge in [0.25, 0.3) is 0 Å². The van der Waals surface area contributed by atoms with Crippen LogP contribution in [-0.2, 0) is 5.41 Å². The maximum Gasteiger partial charge on any atom is 0.137 e. The summed E-state index contributed by atoms with van der Waals surface area (Å²) in [6.07, 6.45) is 0. The minimum Gasteiger partial charge on any atom is -0.457 e. The first-order valence-electron chi connectivity index (χ1n) is 15.8. The SMILES string of the molecule is c1ccc(N(c2ccc3c(c2)C2(c4ccccc4O3)c3ccccc3Sc3ccccc32)c2cccc3oc4ccccc4c23)cc1. The molecule has 10 rings (SSSR count). The van der Waals surface area contributed by atoms with Gasteiger partial charge in [0, 0.05) is 37.7 Å². The first-order chi connectivity index (χ1) is 23.3. The molecule has 1 spiro atoms. The summed E-state index contributed by atoms with van der Waals surface area (Å²) in [5.41, 5.74) is 9.16. The summed E-state index contributed by atoms with van der Waals surface area (Å²) in [4.78, 5) is 4.87. The molecular formula is C43H27NO2S. The van der Waals surface area contributed by atoms with E-state index in [1.54, 1.807) is 0 Å². The van der Waals surface area contributed by atoms with Crippen molar-refractivity contribution in [3.8, 4) is 11.5 Å². The highest BCUT2D eigenvalue weighted by atomic mass is 32.2. The molecule has 3 nitrogen and oxygen atoms in total. The third-order valence-corrected chi connectivity index (χ3v) is 10.7. The molecule has 0 N–H and O–H groups in total. The van der Waals surface area contributed by atoms with Crippen molar-refractivity contribution in [2.75, 3.05) is 4.90 Å². The Labute approximate surface area is 276 Å². The van der Waals surface area contributed by atoms with Crippen molar-refractivity contribution in [3.63, 3.8) is 0 Å². The van der Waals surface area contributed by atoms with Crippen molar-refractivity contribution in [2.24, 2.45) is 0 Å². The van der Waals surface area contributed by atoms with E-state index in [1.807, 2.05) is 23.9 Å². The van der Waals surface area contributed by atoms with E-state index in [9.17, 15) is 0 Å². The van der Waals surface area contributed by atoms with E-state index in [-0.39, 0.29) is 0 Å². The van der Waals surface area contributed by atoms with E-state index in [1.165, 1.54) is 20.9 Å². The lowest BCUT2D eigenvalue weighted by Gasteiger charge is -2.45. The first kappa shape index (κ1) is 26.5. The van der Waals surface area contributed by atoms with E-state index in [0.717, 1.165) is 61.6 Å². The van der Waals surface area contributed by atoms with Crippen LogP contribution in [0.5, 0.6) is 11.5 Å². The lowest BCUT2D eigenvalue weighted by atomic mass is 9.63. The van der Waals surface area contributed by atoms with Gasteiger partial charge in [-0.3, -0.25) is 0 Å². The molecule has 3 heterocycles. The Kier molecular flexibility index (Phi) is 5.72. The predicted molar refractivity (Wildman–Crippen MR) is 191 cm³/mol. The number of benzene rings is 7. The molecule has 0 fully saturated rings. The average Bonchev–Trinajstić information content (AvgIpc) is 3.52. The predicted octanol–water partition coefficient (Wildman–Crippen LogP) is 12.0. The topological polar surface area (TPSA) is 25.6 Å². The Morgan fingerprint density at radius 3 is 1.91 bits per heavy atom. The molecule has 0 atom stereocenters. The number of anilines is 3. The molecule has 4 heteroatoms. The van der Waals surface area contributed by atoms with Crippen LogP contribution in [0.2, 0.25) is 0 Å². The molecule has 222 valence electrons. The van der Waals surface area contributed by atoms with Crippen LogP contribution >= 0.6 is 11.8 Å². The number of furan rings is 1. The zero-order chi connectivity index (χ0) is 31.0. The van der Waals surface area contributed by atoms with Crippen molar-refractivity contribution in [3.05, 3.63) is 186 Å². The van der Waals surface area contributed by atoms with Gasteiger partial charge in [-0.2, -0.15) is 0 Å². The van der Waals surface area contributed by atoms with Crippen LogP contribution < -0.4 is 9.64 Å². The number of nitrogens with zero attached hydrogens (tertiary/aromatic N) is 1. The highest BCUT2D eigenvalue weighted by molar-refractivity contribution is 7.99. The largest absolute Gasteiger partial charge is 0.457 e. The first-order valence-corrected chi connectivity index (χ1v) is 16.7. The van der Waals surface area contributed by atoms with E-state index in [2.05, 4.69) is 157 Å². The zero-order valence-corrected chi connectivity index (χ0v) is 26.1. The Balaban J connectivity index is 1.30. The van der Waals surface area contributed by atoms with Crippen LogP contribution in [0.25, 0.3) is 21.9 Å². The van der Waals surface area contributed by atoms with Gasteiger partial charge in [-0.1, -0.05) is 109 Å². The second-order valence-corrected chi connectivity index (χ2v) is 13.1. The fourth-order valence-electron chi connectivity index (χ4n) is 7.69. The number of rotatable bonds is 3. The molecule has 0 saturated heterocycles. The molecule has 2 aliphatic heterocycles. The molecule has 0 amide bonds. The van der Waals surface area contributed by atoms with Crippen LogP contribution in [0, 0.1) is 0 Å². The molecule has 1 aromatic heterocycles. The van der Waals surface area contributed by atoms with Crippen LogP contribution in [-0.4, -0.2) is 0 Å². The number of para-hydroxylation sites is 3. The summed E-state index contributed by atoms with van der Waals surface area (Å²) < 4.78 is 13.1. The summed E-state index contributed by atoms with van der Waals surface area (Å²) in [5.74, 6) is 1.75. The Bertz CT molecular complexity index is 2400. The van der Waals surface area contributed by atoms with Crippen molar-refractivity contribution in [1.29, 1.82) is 0 Å². The summed E-state index contributed by atoms with van der Waals surface area (Å²) >= 11 is 1.85. The molecule has 7 aromatic carbocycles. The number of hydrogen-bond donors (Lipinski definition) is 0. The highest BCUT2D eigenvalue weighted by Crippen LogP contribution is 2.62. The van der Waals surface area contributed by atoms with E-state index >= 15 is 0 Å². The van der Waals surface area contributed by atoms with Gasteiger partial charge >= 0.3 is 0 Å². The zero-order valence-electron chi connectivity index (χ0n) is 25.3. The smallest absolute Gasteiger partial charge is 0.137 e. The molecule has 0 unspecified atom stereocenters. The Morgan fingerprint density at radius 2 is 1.11 bits per heavy atom. The molecule has 0 saturated carbocycles. The van der Waals surface area contributed by atoms with Gasteiger partial charge in [-0.05, 0) is 77.9 Å². The van der Waals surface area contributed by atoms with Gasteiger partial charge in [0.15, 0.2) is 0 Å². The summed E-state index contributed by atoms with van der Waals surface area (Å²) in [7, 11) is 0. The second kappa shape index (κ2) is 10.1. The van der Waals surface area contributed by atoms with Gasteiger partial charge in [0.1, 0.15) is 22.7 Å². The molecule has 0 aliphatic carbocycles. The van der Waals surface area contributed by atoms with Gasteiger partial charge in [0.2, 0.25) is 0 Å². The molecule has 47 heavy (non-hydrogen) atoms. The average molecular weight is 622 g/mol. The minimum absolute atomic E-state index is 0.574. The van der Waals surface area contributed by atoms with Gasteiger partial charge in [0.05, 0.1) is 16.5 Å². The maximum atomic E-state index is 6.76. The lowest BCUT2D eigenvalue weighted by Crippen LogP contribution is -2.36. The number of fused-ring (bicyclic) bond motifs is 11. The fraction of sp³-hybridized carbons (Fsp3) is 0.0233. The molecule has 2 aliphatic rings. The van der Waals surface area contributed by atoms with Gasteiger partial charge in [-0.25, -0.2) is 0 Å². The molecule has 0 bridgehead atoms. The van der Waals surface area contributed by atoms with Crippen LogP contribution in [0.4, 0.5) is 17.1 Å². The van der Waals surface area contributed by atoms with Gasteiger partial charge in [-0.15, -0.1) is 0 Å². The quantitative estimate of drug-likeness (QED) is 0.196. The van der Waals surface area contributed by atoms with Crippen LogP contribution in [0.3, 0.4) is 0 Å². The second-order valence-electron chi connectivity index (χ2n) is 12.0. The van der Waals surface area contributed by atoms with Crippen molar-refractivity contribution >= 4 is 50.8 Å². The van der Waals surface area contributed by atoms with Gasteiger partial charge < -0.3 is 14.1 Å². The minimum atomic E-state index is -0.574. The Morgan fingerprint density at radius 1 is 0.468 bits per heavy atom. The highest BCUT2D eigenvalue weighted by Gasteiger charge is 2.49. The van der Waals surface area contributed by atoms with Crippen LogP contribution in [0.15, 0.2) is 178 Å². The Hall–Kier alpha value is -5.71. The van der Waals surface area contributed by atoms with E-state index < -0.39 is 5.41 Å². The van der Waals surface area contributed by atoms with Crippen molar-refractivity contribution in [2.45, 2.75) is 15.2 Å². The normalized spacial score (nSPS) is 13.8. The molecule has 8 aromatic rings. The third kappa shape index (κ3) is 3.76. The van der Waals surface area contributed by atoms with Crippen molar-refractivity contribution < 1.29 is 9.15 Å². The summed E-state index contributed by atoms with van der Waals surface area (Å²) in [6, 6.07) is 58.2. The maximum absolute atomic E-state index is 6.76. The lowest BCUT2D eigenvalue weighted by molar-refractivity contribution is 0.431. The third-order valence-electron chi connectivity index (χ3n) is 9.57. The number of hydrogen-bond acceptors (Lipinski definition) is 4. The van der Waals surface area contributed by atoms with Crippen molar-refractivity contribution in [1.82, 2.24) is 0 Å². The van der Waals surface area contributed by atoms with Crippen LogP contribution in [0.1, 0.15) is 22.3 Å². The standard InChI is InChI=1S/C43H27NO2S/c1-2-13-28(14-3-1)44(35-19-12-22-39-42(35)30-15-4-8-20-36(30)45-39)29-25-26-38-34(27-29)43(31-16-5-9-21-37(31)46-38)32-17-6-10-23-40(32)47-41-24-11-7-18-33(41)43/h1-27H. The monoisotopic (exact) mass is 621 g/mol. The summed E-state index contributed by atoms with van der Waals surface area (Å²) in [5, 5.41) is 2.18. The molecule has 0 radical (unpaired) electrons. The van der Waals surface area contributed by atoms with E-state index in [0.29, 0.717) is 0 Å². The fourth-order valence-corrected chi connectivity index (χ4v) is 8.88. The van der Waals surface area contributed by atoms with E-state index in [4.69, 9.17) is 9.15 Å².